The van der Waals surface area contributed by atoms with Crippen molar-refractivity contribution < 1.29 is 9.31 Å². The van der Waals surface area contributed by atoms with Gasteiger partial charge in [0.25, 0.3) is 0 Å². The largest absolute Gasteiger partial charge is 0.378 e. The second-order valence-electron chi connectivity index (χ2n) is 3.73. The molecular formula is C11H9FN4O2. The molecule has 0 aliphatic carbocycles. The van der Waals surface area contributed by atoms with Gasteiger partial charge in [0.1, 0.15) is 12.1 Å². The molecule has 0 fully saturated rings. The Hall–Kier alpha value is -2.57. The highest BCUT2D eigenvalue weighted by atomic mass is 19.1. The molecule has 0 saturated carbocycles. The SMILES string of the molecule is Cc1cc(F)cc(-c2ncnc(N)c2[N+](=O)[O-])c1. The maximum Gasteiger partial charge on any atom is 0.337 e. The van der Waals surface area contributed by atoms with Crippen molar-refractivity contribution in [3.8, 4) is 11.3 Å². The second kappa shape index (κ2) is 4.36. The number of aryl methyl sites for hydroxylation is 1. The molecule has 2 aromatic rings. The van der Waals surface area contributed by atoms with Crippen LogP contribution in [-0.2, 0) is 0 Å². The van der Waals surface area contributed by atoms with Gasteiger partial charge in [0.15, 0.2) is 5.69 Å². The first-order valence-electron chi connectivity index (χ1n) is 5.01. The van der Waals surface area contributed by atoms with Crippen LogP contribution in [0.15, 0.2) is 24.5 Å². The predicted molar refractivity (Wildman–Crippen MR) is 63.2 cm³/mol. The number of halogens is 1. The number of hydrogen-bond acceptors (Lipinski definition) is 5. The van der Waals surface area contributed by atoms with Gasteiger partial charge in [-0.2, -0.15) is 0 Å². The molecule has 0 spiro atoms. The molecule has 0 radical (unpaired) electrons. The molecule has 0 aliphatic rings. The van der Waals surface area contributed by atoms with Gasteiger partial charge in [0, 0.05) is 5.56 Å². The number of benzene rings is 1. The highest BCUT2D eigenvalue weighted by molar-refractivity contribution is 5.75. The molecule has 0 atom stereocenters. The fourth-order valence-electron chi connectivity index (χ4n) is 1.66. The van der Waals surface area contributed by atoms with E-state index in [9.17, 15) is 14.5 Å². The molecule has 0 unspecified atom stereocenters. The van der Waals surface area contributed by atoms with Crippen LogP contribution in [0.2, 0.25) is 0 Å². The first-order chi connectivity index (χ1) is 8.49. The van der Waals surface area contributed by atoms with Crippen molar-refractivity contribution in [3.05, 3.63) is 46.0 Å². The number of nitrogens with two attached hydrogens (primary N) is 1. The summed E-state index contributed by atoms with van der Waals surface area (Å²) in [5, 5.41) is 10.9. The highest BCUT2D eigenvalue weighted by Gasteiger charge is 2.22. The Morgan fingerprint density at radius 3 is 2.67 bits per heavy atom. The van der Waals surface area contributed by atoms with Crippen molar-refractivity contribution in [2.24, 2.45) is 0 Å². The van der Waals surface area contributed by atoms with E-state index >= 15 is 0 Å². The third-order valence-electron chi connectivity index (χ3n) is 2.35. The maximum absolute atomic E-state index is 13.3. The lowest BCUT2D eigenvalue weighted by Gasteiger charge is -2.05. The first kappa shape index (κ1) is 11.9. The van der Waals surface area contributed by atoms with Crippen LogP contribution >= 0.6 is 0 Å². The molecular weight excluding hydrogens is 239 g/mol. The Morgan fingerprint density at radius 1 is 1.33 bits per heavy atom. The summed E-state index contributed by atoms with van der Waals surface area (Å²) in [7, 11) is 0. The molecule has 2 N–H and O–H groups in total. The molecule has 0 bridgehead atoms. The van der Waals surface area contributed by atoms with Gasteiger partial charge in [0.2, 0.25) is 5.82 Å². The van der Waals surface area contributed by atoms with Crippen LogP contribution < -0.4 is 5.73 Å². The van der Waals surface area contributed by atoms with E-state index in [0.717, 1.165) is 6.33 Å². The van der Waals surface area contributed by atoms with Crippen LogP contribution in [0.4, 0.5) is 15.9 Å². The Kier molecular flexibility index (Phi) is 2.88. The van der Waals surface area contributed by atoms with E-state index in [-0.39, 0.29) is 11.5 Å². The molecule has 0 saturated heterocycles. The van der Waals surface area contributed by atoms with Crippen molar-refractivity contribution >= 4 is 11.5 Å². The zero-order valence-corrected chi connectivity index (χ0v) is 9.42. The summed E-state index contributed by atoms with van der Waals surface area (Å²) >= 11 is 0. The van der Waals surface area contributed by atoms with Gasteiger partial charge in [-0.05, 0) is 30.7 Å². The van der Waals surface area contributed by atoms with Crippen LogP contribution in [0, 0.1) is 22.9 Å². The van der Waals surface area contributed by atoms with E-state index in [1.807, 2.05) is 0 Å². The molecule has 1 heterocycles. The number of rotatable bonds is 2. The fraction of sp³-hybridized carbons (Fsp3) is 0.0909. The third-order valence-corrected chi connectivity index (χ3v) is 2.35. The van der Waals surface area contributed by atoms with Gasteiger partial charge in [-0.25, -0.2) is 14.4 Å². The normalized spacial score (nSPS) is 10.3. The van der Waals surface area contributed by atoms with Crippen molar-refractivity contribution in [3.63, 3.8) is 0 Å². The molecule has 0 aliphatic heterocycles. The van der Waals surface area contributed by atoms with Gasteiger partial charge in [-0.15, -0.1) is 0 Å². The van der Waals surface area contributed by atoms with Gasteiger partial charge in [0.05, 0.1) is 4.92 Å². The van der Waals surface area contributed by atoms with Crippen LogP contribution in [0.5, 0.6) is 0 Å². The number of nitrogen functional groups attached to an aromatic ring is 1. The number of anilines is 1. The highest BCUT2D eigenvalue weighted by Crippen LogP contribution is 2.31. The minimum absolute atomic E-state index is 0.00935. The van der Waals surface area contributed by atoms with E-state index < -0.39 is 16.4 Å². The zero-order chi connectivity index (χ0) is 13.3. The minimum atomic E-state index is -0.676. The molecule has 0 amide bonds. The quantitative estimate of drug-likeness (QED) is 0.648. The van der Waals surface area contributed by atoms with Gasteiger partial charge in [-0.3, -0.25) is 10.1 Å². The first-order valence-corrected chi connectivity index (χ1v) is 5.01. The molecule has 1 aromatic carbocycles. The van der Waals surface area contributed by atoms with E-state index in [1.54, 1.807) is 13.0 Å². The Labute approximate surface area is 101 Å². The number of aromatic nitrogens is 2. The molecule has 6 nitrogen and oxygen atoms in total. The number of nitro groups is 1. The molecule has 2 rings (SSSR count). The zero-order valence-electron chi connectivity index (χ0n) is 9.42. The summed E-state index contributed by atoms with van der Waals surface area (Å²) in [5.41, 5.74) is 5.98. The lowest BCUT2D eigenvalue weighted by atomic mass is 10.1. The van der Waals surface area contributed by atoms with Crippen molar-refractivity contribution in [1.29, 1.82) is 0 Å². The Morgan fingerprint density at radius 2 is 2.06 bits per heavy atom. The molecule has 1 aromatic heterocycles. The fourth-order valence-corrected chi connectivity index (χ4v) is 1.66. The summed E-state index contributed by atoms with van der Waals surface area (Å²) in [4.78, 5) is 17.6. The second-order valence-corrected chi connectivity index (χ2v) is 3.73. The average molecular weight is 248 g/mol. The smallest absolute Gasteiger partial charge is 0.337 e. The third kappa shape index (κ3) is 2.10. The van der Waals surface area contributed by atoms with E-state index in [0.29, 0.717) is 11.1 Å². The van der Waals surface area contributed by atoms with E-state index in [4.69, 9.17) is 5.73 Å². The van der Waals surface area contributed by atoms with Crippen LogP contribution in [0.3, 0.4) is 0 Å². The summed E-state index contributed by atoms with van der Waals surface area (Å²) in [5.74, 6) is -0.733. The average Bonchev–Trinajstić information content (AvgIpc) is 2.26. The maximum atomic E-state index is 13.3. The van der Waals surface area contributed by atoms with Crippen LogP contribution in [0.25, 0.3) is 11.3 Å². The molecule has 92 valence electrons. The molecule has 7 heteroatoms. The lowest BCUT2D eigenvalue weighted by molar-refractivity contribution is -0.383. The van der Waals surface area contributed by atoms with Gasteiger partial charge >= 0.3 is 5.69 Å². The summed E-state index contributed by atoms with van der Waals surface area (Å²) in [6.45, 7) is 1.68. The van der Waals surface area contributed by atoms with Crippen molar-refractivity contribution in [2.75, 3.05) is 5.73 Å². The van der Waals surface area contributed by atoms with Crippen molar-refractivity contribution in [1.82, 2.24) is 9.97 Å². The van der Waals surface area contributed by atoms with E-state index in [1.165, 1.54) is 12.1 Å². The Balaban J connectivity index is 2.71. The summed E-state index contributed by atoms with van der Waals surface area (Å²) < 4.78 is 13.3. The summed E-state index contributed by atoms with van der Waals surface area (Å²) in [6.07, 6.45) is 1.11. The number of hydrogen-bond donors (Lipinski definition) is 1. The monoisotopic (exact) mass is 248 g/mol. The number of nitrogens with zero attached hydrogens (tertiary/aromatic N) is 3. The van der Waals surface area contributed by atoms with Crippen molar-refractivity contribution in [2.45, 2.75) is 6.92 Å². The van der Waals surface area contributed by atoms with Crippen LogP contribution in [-0.4, -0.2) is 14.9 Å². The standard InChI is InChI=1S/C11H9FN4O2/c1-6-2-7(4-8(12)3-6)9-10(16(17)18)11(13)15-5-14-9/h2-5H,1H3,(H2,13,14,15). The van der Waals surface area contributed by atoms with Crippen LogP contribution in [0.1, 0.15) is 5.56 Å². The Bertz CT molecular complexity index is 610. The lowest BCUT2D eigenvalue weighted by Crippen LogP contribution is -2.02. The summed E-state index contributed by atoms with van der Waals surface area (Å²) in [6, 6.07) is 4.08. The van der Waals surface area contributed by atoms with Gasteiger partial charge in [-0.1, -0.05) is 0 Å². The predicted octanol–water partition coefficient (Wildman–Crippen LogP) is 2.08. The topological polar surface area (TPSA) is 94.9 Å². The molecule has 18 heavy (non-hydrogen) atoms. The minimum Gasteiger partial charge on any atom is -0.378 e. The van der Waals surface area contributed by atoms with E-state index in [2.05, 4.69) is 9.97 Å². The van der Waals surface area contributed by atoms with Gasteiger partial charge < -0.3 is 5.73 Å².